The molecule has 2 heterocycles. The van der Waals surface area contributed by atoms with Crippen LogP contribution in [0.4, 0.5) is 0 Å². The topological polar surface area (TPSA) is 78.6 Å². The minimum Gasteiger partial charge on any atom is -0.390 e. The summed E-state index contributed by atoms with van der Waals surface area (Å²) in [5.41, 5.74) is 8.44. The molecule has 0 aromatic heterocycles. The summed E-state index contributed by atoms with van der Waals surface area (Å²) in [6.07, 6.45) is 8.21. The lowest BCUT2D eigenvalue weighted by atomic mass is 10.1. The van der Waals surface area contributed by atoms with Gasteiger partial charge in [0.15, 0.2) is 0 Å². The summed E-state index contributed by atoms with van der Waals surface area (Å²) in [6, 6.07) is -0.515. The number of hydrogen-bond donors (Lipinski definition) is 3. The quantitative estimate of drug-likeness (QED) is 0.678. The number of nitrogens with two attached hydrogens (primary N) is 1. The van der Waals surface area contributed by atoms with Crippen molar-refractivity contribution >= 4 is 5.91 Å². The molecular weight excluding hydrogens is 242 g/mol. The van der Waals surface area contributed by atoms with Crippen molar-refractivity contribution in [2.45, 2.75) is 32.2 Å². The zero-order valence-electron chi connectivity index (χ0n) is 11.2. The Morgan fingerprint density at radius 2 is 2.42 bits per heavy atom. The Labute approximate surface area is 113 Å². The van der Waals surface area contributed by atoms with Gasteiger partial charge in [0.25, 0.3) is 0 Å². The molecule has 19 heavy (non-hydrogen) atoms. The van der Waals surface area contributed by atoms with E-state index in [0.29, 0.717) is 12.1 Å². The van der Waals surface area contributed by atoms with Gasteiger partial charge in [-0.1, -0.05) is 25.8 Å². The molecule has 5 nitrogen and oxygen atoms in total. The average Bonchev–Trinajstić information content (AvgIpc) is 2.89. The van der Waals surface area contributed by atoms with Crippen LogP contribution in [-0.2, 0) is 4.79 Å². The maximum Gasteiger partial charge on any atom is 0.247 e. The number of fused-ring (bicyclic) bond motifs is 1. The monoisotopic (exact) mass is 263 g/mol. The third-order valence-electron chi connectivity index (χ3n) is 3.40. The molecule has 2 aliphatic heterocycles. The van der Waals surface area contributed by atoms with Gasteiger partial charge in [-0.15, -0.1) is 0 Å². The molecule has 0 spiro atoms. The van der Waals surface area contributed by atoms with Crippen LogP contribution in [0.5, 0.6) is 0 Å². The predicted octanol–water partition coefficient (Wildman–Crippen LogP) is 0.593. The lowest BCUT2D eigenvalue weighted by molar-refractivity contribution is -0.129. The van der Waals surface area contributed by atoms with E-state index in [1.807, 2.05) is 12.2 Å². The molecule has 1 amide bonds. The highest BCUT2D eigenvalue weighted by atomic mass is 16.3. The molecule has 0 bridgehead atoms. The van der Waals surface area contributed by atoms with Crippen LogP contribution in [-0.4, -0.2) is 35.1 Å². The predicted molar refractivity (Wildman–Crippen MR) is 73.7 cm³/mol. The normalized spacial score (nSPS) is 19.1. The highest BCUT2D eigenvalue weighted by Gasteiger charge is 2.27. The molecule has 104 valence electrons. The Bertz CT molecular complexity index is 452. The van der Waals surface area contributed by atoms with Crippen LogP contribution in [0.3, 0.4) is 0 Å². The molecule has 0 aromatic rings. The Hall–Kier alpha value is -1.59. The van der Waals surface area contributed by atoms with Crippen LogP contribution in [0.2, 0.25) is 0 Å². The van der Waals surface area contributed by atoms with Crippen LogP contribution >= 0.6 is 0 Å². The molecule has 0 saturated heterocycles. The highest BCUT2D eigenvalue weighted by Crippen LogP contribution is 2.25. The molecule has 2 rings (SSSR count). The first-order valence-electron chi connectivity index (χ1n) is 6.73. The van der Waals surface area contributed by atoms with Crippen molar-refractivity contribution in [3.8, 4) is 0 Å². The fourth-order valence-corrected chi connectivity index (χ4v) is 2.25. The van der Waals surface area contributed by atoms with Crippen LogP contribution in [0.15, 0.2) is 35.3 Å². The van der Waals surface area contributed by atoms with Crippen LogP contribution in [0.1, 0.15) is 26.2 Å². The van der Waals surface area contributed by atoms with Gasteiger partial charge in [0.05, 0.1) is 24.0 Å². The smallest absolute Gasteiger partial charge is 0.247 e. The number of hydrogen-bond acceptors (Lipinski definition) is 4. The molecule has 4 N–H and O–H groups in total. The van der Waals surface area contributed by atoms with Crippen molar-refractivity contribution < 1.29 is 9.90 Å². The SMILES string of the molecule is CCCC[C@H](N)C(=O)N1C=C2NCC=C2C=C1CO. The molecule has 0 aromatic carbocycles. The van der Waals surface area contributed by atoms with Gasteiger partial charge in [-0.05, 0) is 18.1 Å². The van der Waals surface area contributed by atoms with Gasteiger partial charge in [0.1, 0.15) is 0 Å². The third-order valence-corrected chi connectivity index (χ3v) is 3.40. The van der Waals surface area contributed by atoms with E-state index in [4.69, 9.17) is 5.73 Å². The molecule has 0 radical (unpaired) electrons. The van der Waals surface area contributed by atoms with Crippen molar-refractivity contribution in [2.24, 2.45) is 5.73 Å². The van der Waals surface area contributed by atoms with E-state index in [1.165, 1.54) is 4.90 Å². The summed E-state index contributed by atoms with van der Waals surface area (Å²) < 4.78 is 0. The summed E-state index contributed by atoms with van der Waals surface area (Å²) in [4.78, 5) is 13.8. The van der Waals surface area contributed by atoms with Gasteiger partial charge in [0.2, 0.25) is 5.91 Å². The second kappa shape index (κ2) is 6.04. The highest BCUT2D eigenvalue weighted by molar-refractivity contribution is 5.85. The van der Waals surface area contributed by atoms with Gasteiger partial charge in [-0.25, -0.2) is 0 Å². The van der Waals surface area contributed by atoms with E-state index in [0.717, 1.165) is 30.7 Å². The maximum absolute atomic E-state index is 12.3. The van der Waals surface area contributed by atoms with E-state index in [2.05, 4.69) is 12.2 Å². The van der Waals surface area contributed by atoms with E-state index < -0.39 is 6.04 Å². The summed E-state index contributed by atoms with van der Waals surface area (Å²) in [7, 11) is 0. The fraction of sp³-hybridized carbons (Fsp3) is 0.500. The van der Waals surface area contributed by atoms with Crippen LogP contribution < -0.4 is 11.1 Å². The van der Waals surface area contributed by atoms with Gasteiger partial charge in [-0.3, -0.25) is 9.69 Å². The molecular formula is C14H21N3O2. The molecule has 2 aliphatic rings. The second-order valence-corrected chi connectivity index (χ2v) is 4.83. The Morgan fingerprint density at radius 3 is 3.11 bits per heavy atom. The zero-order valence-corrected chi connectivity index (χ0v) is 11.2. The van der Waals surface area contributed by atoms with Gasteiger partial charge in [0, 0.05) is 12.7 Å². The number of allylic oxidation sites excluding steroid dienone is 1. The van der Waals surface area contributed by atoms with Crippen LogP contribution in [0.25, 0.3) is 0 Å². The minimum absolute atomic E-state index is 0.158. The number of nitrogens with one attached hydrogen (secondary N) is 1. The standard InChI is InChI=1S/C14H21N3O2/c1-2-3-4-12(15)14(19)17-8-13-10(5-6-16-13)7-11(17)9-18/h5,7-8,12,16,18H,2-4,6,9,15H2,1H3/t12-/m0/s1. The number of carbonyl (C=O) groups is 1. The molecule has 0 aliphatic carbocycles. The number of rotatable bonds is 5. The lowest BCUT2D eigenvalue weighted by Gasteiger charge is -2.28. The first-order valence-corrected chi connectivity index (χ1v) is 6.73. The third kappa shape index (κ3) is 2.88. The zero-order chi connectivity index (χ0) is 13.8. The van der Waals surface area contributed by atoms with Gasteiger partial charge in [-0.2, -0.15) is 0 Å². The number of aliphatic hydroxyl groups excluding tert-OH is 1. The molecule has 0 unspecified atom stereocenters. The van der Waals surface area contributed by atoms with Crippen molar-refractivity contribution in [3.63, 3.8) is 0 Å². The largest absolute Gasteiger partial charge is 0.390 e. The van der Waals surface area contributed by atoms with E-state index in [9.17, 15) is 9.90 Å². The minimum atomic E-state index is -0.515. The Kier molecular flexibility index (Phi) is 4.39. The van der Waals surface area contributed by atoms with Gasteiger partial charge < -0.3 is 16.2 Å². The second-order valence-electron chi connectivity index (χ2n) is 4.83. The fourth-order valence-electron chi connectivity index (χ4n) is 2.25. The number of nitrogens with zero attached hydrogens (tertiary/aromatic N) is 1. The lowest BCUT2D eigenvalue weighted by Crippen LogP contribution is -2.42. The van der Waals surface area contributed by atoms with Gasteiger partial charge >= 0.3 is 0 Å². The summed E-state index contributed by atoms with van der Waals surface area (Å²) in [5.74, 6) is -0.158. The first-order chi connectivity index (χ1) is 9.17. The number of carbonyl (C=O) groups excluding carboxylic acids is 1. The van der Waals surface area contributed by atoms with Crippen molar-refractivity contribution in [1.82, 2.24) is 10.2 Å². The van der Waals surface area contributed by atoms with Crippen molar-refractivity contribution in [1.29, 1.82) is 0 Å². The van der Waals surface area contributed by atoms with Crippen molar-refractivity contribution in [3.05, 3.63) is 35.3 Å². The first kappa shape index (κ1) is 13.8. The molecule has 0 saturated carbocycles. The van der Waals surface area contributed by atoms with Crippen molar-refractivity contribution in [2.75, 3.05) is 13.2 Å². The summed E-state index contributed by atoms with van der Waals surface area (Å²) in [5, 5.41) is 12.6. The number of aliphatic hydroxyl groups is 1. The molecule has 1 atom stereocenters. The Balaban J connectivity index is 2.14. The number of unbranched alkanes of at least 4 members (excludes halogenated alkanes) is 1. The Morgan fingerprint density at radius 1 is 1.63 bits per heavy atom. The van der Waals surface area contributed by atoms with E-state index >= 15 is 0 Å². The molecule has 0 fully saturated rings. The summed E-state index contributed by atoms with van der Waals surface area (Å²) in [6.45, 7) is 2.65. The van der Waals surface area contributed by atoms with Crippen LogP contribution in [0, 0.1) is 0 Å². The number of amides is 1. The summed E-state index contributed by atoms with van der Waals surface area (Å²) >= 11 is 0. The average molecular weight is 263 g/mol. The van der Waals surface area contributed by atoms with E-state index in [1.54, 1.807) is 6.20 Å². The molecule has 5 heteroatoms. The van der Waals surface area contributed by atoms with E-state index in [-0.39, 0.29) is 12.5 Å². The maximum atomic E-state index is 12.3.